The highest BCUT2D eigenvalue weighted by molar-refractivity contribution is 7.99. The van der Waals surface area contributed by atoms with Crippen LogP contribution in [0.2, 0.25) is 0 Å². The lowest BCUT2D eigenvalue weighted by molar-refractivity contribution is -0.113. The molecule has 1 N–H and O–H groups in total. The molecular formula is C18H17N3O4S. The fraction of sp³-hybridized carbons (Fsp3) is 0.167. The maximum absolute atomic E-state index is 11.9. The highest BCUT2D eigenvalue weighted by Gasteiger charge is 2.11. The molecule has 0 atom stereocenters. The molecule has 0 fully saturated rings. The number of para-hydroxylation sites is 3. The predicted molar refractivity (Wildman–Crippen MR) is 97.4 cm³/mol. The van der Waals surface area contributed by atoms with Crippen molar-refractivity contribution in [1.29, 1.82) is 0 Å². The van der Waals surface area contributed by atoms with E-state index in [1.807, 2.05) is 42.5 Å². The summed E-state index contributed by atoms with van der Waals surface area (Å²) in [5.74, 6) is 1.56. The molecule has 8 heteroatoms. The minimum atomic E-state index is -0.147. The average Bonchev–Trinajstić information content (AvgIpc) is 3.14. The Kier molecular flexibility index (Phi) is 6.10. The van der Waals surface area contributed by atoms with Crippen molar-refractivity contribution < 1.29 is 18.7 Å². The number of methoxy groups -OCH3 is 1. The zero-order valence-electron chi connectivity index (χ0n) is 14.0. The molecule has 26 heavy (non-hydrogen) atoms. The molecule has 0 saturated heterocycles. The third-order valence-electron chi connectivity index (χ3n) is 3.25. The molecule has 0 aliphatic carbocycles. The number of hydrogen-bond donors (Lipinski definition) is 1. The van der Waals surface area contributed by atoms with Gasteiger partial charge in [-0.2, -0.15) is 0 Å². The molecule has 0 spiro atoms. The van der Waals surface area contributed by atoms with Gasteiger partial charge in [-0.1, -0.05) is 42.1 Å². The molecular weight excluding hydrogens is 354 g/mol. The van der Waals surface area contributed by atoms with Gasteiger partial charge in [0, 0.05) is 5.69 Å². The van der Waals surface area contributed by atoms with Crippen LogP contribution in [-0.4, -0.2) is 29.0 Å². The number of amides is 1. The third kappa shape index (κ3) is 5.00. The lowest BCUT2D eigenvalue weighted by atomic mass is 10.3. The minimum Gasteiger partial charge on any atom is -0.493 e. The number of ether oxygens (including phenoxy) is 2. The smallest absolute Gasteiger partial charge is 0.277 e. The van der Waals surface area contributed by atoms with Crippen LogP contribution < -0.4 is 14.8 Å². The predicted octanol–water partition coefficient (Wildman–Crippen LogP) is 3.39. The first-order chi connectivity index (χ1) is 12.7. The van der Waals surface area contributed by atoms with E-state index in [2.05, 4.69) is 15.5 Å². The molecule has 0 saturated carbocycles. The van der Waals surface area contributed by atoms with Crippen LogP contribution in [-0.2, 0) is 11.4 Å². The van der Waals surface area contributed by atoms with Crippen LogP contribution in [0.3, 0.4) is 0 Å². The van der Waals surface area contributed by atoms with E-state index in [0.717, 1.165) is 5.69 Å². The van der Waals surface area contributed by atoms with Crippen molar-refractivity contribution in [2.75, 3.05) is 18.2 Å². The van der Waals surface area contributed by atoms with Gasteiger partial charge in [0.2, 0.25) is 5.91 Å². The standard InChI is InChI=1S/C18H17N3O4S/c1-23-14-9-5-6-10-15(14)24-11-17-20-21-18(25-17)26-12-16(22)19-13-7-3-2-4-8-13/h2-10H,11-12H2,1H3,(H,19,22). The maximum atomic E-state index is 11.9. The summed E-state index contributed by atoms with van der Waals surface area (Å²) < 4.78 is 16.3. The normalized spacial score (nSPS) is 10.3. The molecule has 2 aromatic carbocycles. The topological polar surface area (TPSA) is 86.5 Å². The Labute approximate surface area is 154 Å². The van der Waals surface area contributed by atoms with Crippen molar-refractivity contribution in [2.24, 2.45) is 0 Å². The van der Waals surface area contributed by atoms with Crippen molar-refractivity contribution in [3.8, 4) is 11.5 Å². The Morgan fingerprint density at radius 2 is 1.81 bits per heavy atom. The molecule has 134 valence electrons. The number of rotatable bonds is 8. The zero-order chi connectivity index (χ0) is 18.2. The molecule has 3 rings (SSSR count). The Balaban J connectivity index is 1.48. The van der Waals surface area contributed by atoms with Gasteiger partial charge < -0.3 is 19.2 Å². The van der Waals surface area contributed by atoms with Crippen molar-refractivity contribution in [3.63, 3.8) is 0 Å². The highest BCUT2D eigenvalue weighted by Crippen LogP contribution is 2.26. The molecule has 0 aliphatic rings. The van der Waals surface area contributed by atoms with Crippen LogP contribution in [0.15, 0.2) is 64.2 Å². The molecule has 1 aromatic heterocycles. The van der Waals surface area contributed by atoms with Gasteiger partial charge in [0.25, 0.3) is 11.1 Å². The van der Waals surface area contributed by atoms with Crippen LogP contribution in [0, 0.1) is 0 Å². The largest absolute Gasteiger partial charge is 0.493 e. The van der Waals surface area contributed by atoms with E-state index in [-0.39, 0.29) is 18.3 Å². The van der Waals surface area contributed by atoms with Gasteiger partial charge in [0.05, 0.1) is 12.9 Å². The number of carbonyl (C=O) groups is 1. The van der Waals surface area contributed by atoms with E-state index in [1.165, 1.54) is 11.8 Å². The van der Waals surface area contributed by atoms with Crippen molar-refractivity contribution in [3.05, 3.63) is 60.5 Å². The lowest BCUT2D eigenvalue weighted by Crippen LogP contribution is -2.13. The first-order valence-corrected chi connectivity index (χ1v) is 8.79. The number of nitrogens with one attached hydrogen (secondary N) is 1. The number of hydrogen-bond acceptors (Lipinski definition) is 7. The number of anilines is 1. The van der Waals surface area contributed by atoms with Crippen LogP contribution in [0.25, 0.3) is 0 Å². The quantitative estimate of drug-likeness (QED) is 0.607. The van der Waals surface area contributed by atoms with Crippen molar-refractivity contribution in [1.82, 2.24) is 10.2 Å². The fourth-order valence-electron chi connectivity index (χ4n) is 2.08. The summed E-state index contributed by atoms with van der Waals surface area (Å²) in [6.45, 7) is 0.115. The second kappa shape index (κ2) is 8.91. The molecule has 0 unspecified atom stereocenters. The van der Waals surface area contributed by atoms with Crippen LogP contribution in [0.5, 0.6) is 11.5 Å². The molecule has 1 amide bonds. The van der Waals surface area contributed by atoms with Gasteiger partial charge >= 0.3 is 0 Å². The van der Waals surface area contributed by atoms with Gasteiger partial charge in [0.15, 0.2) is 18.1 Å². The van der Waals surface area contributed by atoms with Gasteiger partial charge in [-0.05, 0) is 24.3 Å². The first-order valence-electron chi connectivity index (χ1n) is 7.80. The molecule has 0 radical (unpaired) electrons. The summed E-state index contributed by atoms with van der Waals surface area (Å²) in [7, 11) is 1.57. The van der Waals surface area contributed by atoms with E-state index in [9.17, 15) is 4.79 Å². The number of benzene rings is 2. The van der Waals surface area contributed by atoms with E-state index in [4.69, 9.17) is 13.9 Å². The first kappa shape index (κ1) is 17.8. The van der Waals surface area contributed by atoms with E-state index in [1.54, 1.807) is 19.2 Å². The summed E-state index contributed by atoms with van der Waals surface area (Å²) in [5, 5.41) is 10.9. The van der Waals surface area contributed by atoms with Gasteiger partial charge in [-0.3, -0.25) is 4.79 Å². The van der Waals surface area contributed by atoms with Crippen molar-refractivity contribution in [2.45, 2.75) is 11.8 Å². The second-order valence-corrected chi connectivity index (χ2v) is 6.03. The third-order valence-corrected chi connectivity index (χ3v) is 4.07. The van der Waals surface area contributed by atoms with Crippen LogP contribution in [0.4, 0.5) is 5.69 Å². The van der Waals surface area contributed by atoms with Gasteiger partial charge in [0.1, 0.15) is 0 Å². The number of thioether (sulfide) groups is 1. The second-order valence-electron chi connectivity index (χ2n) is 5.10. The minimum absolute atomic E-state index is 0.115. The lowest BCUT2D eigenvalue weighted by Gasteiger charge is -2.07. The Bertz CT molecular complexity index is 854. The Hall–Kier alpha value is -3.00. The summed E-state index contributed by atoms with van der Waals surface area (Å²) in [5.41, 5.74) is 0.745. The molecule has 0 aliphatic heterocycles. The summed E-state index contributed by atoms with van der Waals surface area (Å²) in [6.07, 6.45) is 0. The van der Waals surface area contributed by atoms with Crippen LogP contribution >= 0.6 is 11.8 Å². The summed E-state index contributed by atoms with van der Waals surface area (Å²) in [6, 6.07) is 16.5. The monoisotopic (exact) mass is 371 g/mol. The van der Waals surface area contributed by atoms with E-state index >= 15 is 0 Å². The van der Waals surface area contributed by atoms with E-state index < -0.39 is 0 Å². The summed E-state index contributed by atoms with van der Waals surface area (Å²) in [4.78, 5) is 11.9. The van der Waals surface area contributed by atoms with E-state index in [0.29, 0.717) is 22.6 Å². The zero-order valence-corrected chi connectivity index (χ0v) is 14.9. The average molecular weight is 371 g/mol. The summed E-state index contributed by atoms with van der Waals surface area (Å²) >= 11 is 1.17. The molecule has 7 nitrogen and oxygen atoms in total. The fourth-order valence-corrected chi connectivity index (χ4v) is 2.66. The maximum Gasteiger partial charge on any atom is 0.277 e. The number of aromatic nitrogens is 2. The highest BCUT2D eigenvalue weighted by atomic mass is 32.2. The molecule has 3 aromatic rings. The Morgan fingerprint density at radius 1 is 1.08 bits per heavy atom. The van der Waals surface area contributed by atoms with Crippen LogP contribution in [0.1, 0.15) is 5.89 Å². The number of nitrogens with zero attached hydrogens (tertiary/aromatic N) is 2. The molecule has 0 bridgehead atoms. The van der Waals surface area contributed by atoms with Gasteiger partial charge in [-0.25, -0.2) is 0 Å². The number of carbonyl (C=O) groups excluding carboxylic acids is 1. The SMILES string of the molecule is COc1ccccc1OCc1nnc(SCC(=O)Nc2ccccc2)o1. The van der Waals surface area contributed by atoms with Crippen molar-refractivity contribution >= 4 is 23.4 Å². The Morgan fingerprint density at radius 3 is 2.58 bits per heavy atom. The van der Waals surface area contributed by atoms with Gasteiger partial charge in [-0.15, -0.1) is 10.2 Å². The molecule has 1 heterocycles.